The molecule has 4 aromatic carbocycles. The van der Waals surface area contributed by atoms with E-state index in [1.807, 2.05) is 12.1 Å². The standard InChI is InChI=1S/C26H18O2/c1-16-9-11-20-21-12-10-17(15-25(21)27-24(20)13-16)14-18-5-4-7-22-19-6-2-3-8-23(19)28-26(18)22/h2-13,15H,14H2,1H3. The van der Waals surface area contributed by atoms with Crippen molar-refractivity contribution in [1.82, 2.24) is 0 Å². The predicted octanol–water partition coefficient (Wildman–Crippen LogP) is 7.38. The molecule has 0 spiro atoms. The number of aryl methyl sites for hydroxylation is 1. The smallest absolute Gasteiger partial charge is 0.138 e. The maximum absolute atomic E-state index is 6.18. The average Bonchev–Trinajstić information content (AvgIpc) is 3.26. The number of benzene rings is 4. The van der Waals surface area contributed by atoms with Crippen LogP contribution in [0.25, 0.3) is 43.9 Å². The highest BCUT2D eigenvalue weighted by molar-refractivity contribution is 6.06. The van der Waals surface area contributed by atoms with Crippen LogP contribution in [0.1, 0.15) is 16.7 Å². The van der Waals surface area contributed by atoms with Crippen molar-refractivity contribution in [3.05, 3.63) is 95.6 Å². The van der Waals surface area contributed by atoms with Crippen molar-refractivity contribution in [3.8, 4) is 0 Å². The SMILES string of the molecule is Cc1ccc2c(c1)oc1cc(Cc3cccc4c3oc3ccccc34)ccc12. The number of hydrogen-bond donors (Lipinski definition) is 0. The Morgan fingerprint density at radius 3 is 2.29 bits per heavy atom. The molecule has 0 amide bonds. The fourth-order valence-corrected chi connectivity index (χ4v) is 4.20. The Hall–Kier alpha value is -3.52. The summed E-state index contributed by atoms with van der Waals surface area (Å²) in [4.78, 5) is 0. The van der Waals surface area contributed by atoms with Gasteiger partial charge >= 0.3 is 0 Å². The topological polar surface area (TPSA) is 26.3 Å². The molecule has 0 radical (unpaired) electrons. The van der Waals surface area contributed by atoms with Crippen molar-refractivity contribution in [2.45, 2.75) is 13.3 Å². The van der Waals surface area contributed by atoms with E-state index in [1.54, 1.807) is 0 Å². The lowest BCUT2D eigenvalue weighted by molar-refractivity contribution is 0.663. The molecule has 0 aliphatic carbocycles. The summed E-state index contributed by atoms with van der Waals surface area (Å²) < 4.78 is 12.3. The van der Waals surface area contributed by atoms with E-state index in [0.29, 0.717) is 0 Å². The van der Waals surface area contributed by atoms with E-state index >= 15 is 0 Å². The van der Waals surface area contributed by atoms with E-state index in [-0.39, 0.29) is 0 Å². The Morgan fingerprint density at radius 2 is 1.36 bits per heavy atom. The van der Waals surface area contributed by atoms with Gasteiger partial charge in [0.25, 0.3) is 0 Å². The molecule has 6 aromatic rings. The summed E-state index contributed by atoms with van der Waals surface area (Å²) >= 11 is 0. The minimum Gasteiger partial charge on any atom is -0.456 e. The molecular formula is C26H18O2. The molecule has 0 aliphatic heterocycles. The van der Waals surface area contributed by atoms with E-state index in [4.69, 9.17) is 8.83 Å². The van der Waals surface area contributed by atoms with Gasteiger partial charge in [0.15, 0.2) is 0 Å². The summed E-state index contributed by atoms with van der Waals surface area (Å²) in [5.74, 6) is 0. The molecule has 2 nitrogen and oxygen atoms in total. The van der Waals surface area contributed by atoms with Crippen LogP contribution in [0.5, 0.6) is 0 Å². The number of fused-ring (bicyclic) bond motifs is 6. The Bertz CT molecular complexity index is 1500. The van der Waals surface area contributed by atoms with Crippen molar-refractivity contribution in [3.63, 3.8) is 0 Å². The van der Waals surface area contributed by atoms with E-state index in [1.165, 1.54) is 38.2 Å². The Morgan fingerprint density at radius 1 is 0.607 bits per heavy atom. The van der Waals surface area contributed by atoms with Crippen molar-refractivity contribution < 1.29 is 8.83 Å². The second kappa shape index (κ2) is 5.74. The molecule has 0 atom stereocenters. The predicted molar refractivity (Wildman–Crippen MR) is 115 cm³/mol. The summed E-state index contributed by atoms with van der Waals surface area (Å²) in [7, 11) is 0. The van der Waals surface area contributed by atoms with Crippen molar-refractivity contribution in [1.29, 1.82) is 0 Å². The molecule has 0 saturated heterocycles. The Labute approximate surface area is 162 Å². The second-order valence-electron chi connectivity index (χ2n) is 7.50. The zero-order chi connectivity index (χ0) is 18.7. The summed E-state index contributed by atoms with van der Waals surface area (Å²) in [6.45, 7) is 2.09. The van der Waals surface area contributed by atoms with Gasteiger partial charge in [0.2, 0.25) is 0 Å². The van der Waals surface area contributed by atoms with Crippen LogP contribution in [0.2, 0.25) is 0 Å². The summed E-state index contributed by atoms with van der Waals surface area (Å²) in [5, 5.41) is 4.68. The summed E-state index contributed by atoms with van der Waals surface area (Å²) in [6, 6.07) is 27.5. The maximum Gasteiger partial charge on any atom is 0.138 e. The highest BCUT2D eigenvalue weighted by Gasteiger charge is 2.12. The highest BCUT2D eigenvalue weighted by atomic mass is 16.3. The lowest BCUT2D eigenvalue weighted by atomic mass is 10.0. The molecule has 2 heteroatoms. The fourth-order valence-electron chi connectivity index (χ4n) is 4.20. The van der Waals surface area contributed by atoms with Crippen LogP contribution >= 0.6 is 0 Å². The molecule has 0 bridgehead atoms. The van der Waals surface area contributed by atoms with E-state index in [0.717, 1.165) is 28.8 Å². The number of hydrogen-bond acceptors (Lipinski definition) is 2. The van der Waals surface area contributed by atoms with Gasteiger partial charge in [-0.05, 0) is 41.8 Å². The summed E-state index contributed by atoms with van der Waals surface area (Å²) in [5.41, 5.74) is 7.43. The molecule has 2 aromatic heterocycles. The minimum absolute atomic E-state index is 0.809. The third kappa shape index (κ3) is 2.28. The molecule has 0 unspecified atom stereocenters. The zero-order valence-corrected chi connectivity index (χ0v) is 15.5. The monoisotopic (exact) mass is 362 g/mol. The summed E-state index contributed by atoms with van der Waals surface area (Å²) in [6.07, 6.45) is 0.809. The fraction of sp³-hybridized carbons (Fsp3) is 0.0769. The first kappa shape index (κ1) is 15.5. The number of rotatable bonds is 2. The van der Waals surface area contributed by atoms with Crippen LogP contribution in [-0.2, 0) is 6.42 Å². The van der Waals surface area contributed by atoms with Crippen molar-refractivity contribution in [2.24, 2.45) is 0 Å². The first-order valence-electron chi connectivity index (χ1n) is 9.57. The number of furan rings is 2. The molecule has 0 saturated carbocycles. The van der Waals surface area contributed by atoms with Gasteiger partial charge in [-0.15, -0.1) is 0 Å². The van der Waals surface area contributed by atoms with Crippen molar-refractivity contribution >= 4 is 43.9 Å². The average molecular weight is 362 g/mol. The van der Waals surface area contributed by atoms with Gasteiger partial charge in [-0.25, -0.2) is 0 Å². The van der Waals surface area contributed by atoms with Crippen LogP contribution < -0.4 is 0 Å². The normalized spacial score (nSPS) is 11.9. The molecule has 0 N–H and O–H groups in total. The van der Waals surface area contributed by atoms with Gasteiger partial charge in [-0.2, -0.15) is 0 Å². The largest absolute Gasteiger partial charge is 0.456 e. The Kier molecular flexibility index (Phi) is 3.18. The third-order valence-corrected chi connectivity index (χ3v) is 5.57. The molecule has 6 rings (SSSR count). The zero-order valence-electron chi connectivity index (χ0n) is 15.5. The third-order valence-electron chi connectivity index (χ3n) is 5.57. The highest BCUT2D eigenvalue weighted by Crippen LogP contribution is 2.33. The van der Waals surface area contributed by atoms with Crippen LogP contribution in [0, 0.1) is 6.92 Å². The van der Waals surface area contributed by atoms with Gasteiger partial charge in [0.1, 0.15) is 22.3 Å². The van der Waals surface area contributed by atoms with E-state index in [2.05, 4.69) is 73.7 Å². The molecule has 0 aliphatic rings. The van der Waals surface area contributed by atoms with Crippen LogP contribution in [0.15, 0.2) is 87.7 Å². The lowest BCUT2D eigenvalue weighted by Gasteiger charge is -2.03. The quantitative estimate of drug-likeness (QED) is 0.321. The molecule has 0 fully saturated rings. The number of para-hydroxylation sites is 2. The molecule has 134 valence electrons. The first-order valence-corrected chi connectivity index (χ1v) is 9.57. The van der Waals surface area contributed by atoms with Crippen LogP contribution in [0.3, 0.4) is 0 Å². The minimum atomic E-state index is 0.809. The lowest BCUT2D eigenvalue weighted by Crippen LogP contribution is -1.88. The van der Waals surface area contributed by atoms with Gasteiger partial charge in [-0.1, -0.05) is 60.7 Å². The van der Waals surface area contributed by atoms with E-state index < -0.39 is 0 Å². The molecule has 28 heavy (non-hydrogen) atoms. The van der Waals surface area contributed by atoms with Crippen LogP contribution in [-0.4, -0.2) is 0 Å². The molecule has 2 heterocycles. The van der Waals surface area contributed by atoms with Gasteiger partial charge in [-0.3, -0.25) is 0 Å². The van der Waals surface area contributed by atoms with Gasteiger partial charge < -0.3 is 8.83 Å². The maximum atomic E-state index is 6.18. The van der Waals surface area contributed by atoms with Crippen LogP contribution in [0.4, 0.5) is 0 Å². The Balaban J connectivity index is 1.48. The van der Waals surface area contributed by atoms with Crippen molar-refractivity contribution in [2.75, 3.05) is 0 Å². The first-order chi connectivity index (χ1) is 13.8. The second-order valence-corrected chi connectivity index (χ2v) is 7.50. The van der Waals surface area contributed by atoms with E-state index in [9.17, 15) is 0 Å². The molecular weight excluding hydrogens is 344 g/mol. The van der Waals surface area contributed by atoms with Gasteiger partial charge in [0, 0.05) is 28.0 Å². The van der Waals surface area contributed by atoms with Gasteiger partial charge in [0.05, 0.1) is 0 Å².